The van der Waals surface area contributed by atoms with E-state index in [0.717, 1.165) is 51.8 Å². The van der Waals surface area contributed by atoms with Crippen molar-refractivity contribution < 1.29 is 4.74 Å². The molecule has 1 aliphatic heterocycles. The third-order valence-corrected chi connectivity index (χ3v) is 5.44. The van der Waals surface area contributed by atoms with Crippen molar-refractivity contribution in [2.75, 3.05) is 44.3 Å². The lowest BCUT2D eigenvalue weighted by atomic mass is 10.1. The van der Waals surface area contributed by atoms with E-state index in [1.807, 2.05) is 0 Å². The summed E-state index contributed by atoms with van der Waals surface area (Å²) >= 11 is 0. The van der Waals surface area contributed by atoms with Gasteiger partial charge in [0.15, 0.2) is 5.96 Å². The van der Waals surface area contributed by atoms with Crippen molar-refractivity contribution in [2.45, 2.75) is 19.9 Å². The summed E-state index contributed by atoms with van der Waals surface area (Å²) in [6.45, 7) is 7.97. The lowest BCUT2D eigenvalue weighted by Crippen LogP contribution is -2.38. The molecule has 4 rings (SSSR count). The topological polar surface area (TPSA) is 64.7 Å². The molecule has 1 saturated heterocycles. The minimum absolute atomic E-state index is 0. The molecule has 3 N–H and O–H groups in total. The highest BCUT2D eigenvalue weighted by Crippen LogP contribution is 2.18. The summed E-state index contributed by atoms with van der Waals surface area (Å²) in [5.74, 6) is 0.856. The summed E-state index contributed by atoms with van der Waals surface area (Å²) < 4.78 is 5.43. The third-order valence-electron chi connectivity index (χ3n) is 5.44. The smallest absolute Gasteiger partial charge is 0.191 e. The SMILES string of the molecule is CCNC(=NCc1ccc(N2CCOCC2)cc1)NCCc1c[nH]c2ccccc12.I. The fourth-order valence-electron chi connectivity index (χ4n) is 3.80. The van der Waals surface area contributed by atoms with Crippen LogP contribution in [-0.4, -0.2) is 50.3 Å². The molecule has 2 heterocycles. The van der Waals surface area contributed by atoms with E-state index in [1.165, 1.54) is 27.7 Å². The van der Waals surface area contributed by atoms with Gasteiger partial charge < -0.3 is 25.3 Å². The van der Waals surface area contributed by atoms with Crippen LogP contribution in [0.2, 0.25) is 0 Å². The lowest BCUT2D eigenvalue weighted by molar-refractivity contribution is 0.122. The van der Waals surface area contributed by atoms with Crippen molar-refractivity contribution in [1.29, 1.82) is 0 Å². The number of morpholine rings is 1. The molecule has 0 unspecified atom stereocenters. The van der Waals surface area contributed by atoms with E-state index in [0.29, 0.717) is 6.54 Å². The Morgan fingerprint density at radius 2 is 1.84 bits per heavy atom. The zero-order chi connectivity index (χ0) is 20.6. The normalized spacial score (nSPS) is 14.4. The van der Waals surface area contributed by atoms with Crippen LogP contribution in [0.4, 0.5) is 5.69 Å². The van der Waals surface area contributed by atoms with Gasteiger partial charge in [-0.1, -0.05) is 30.3 Å². The number of fused-ring (bicyclic) bond motifs is 1. The summed E-state index contributed by atoms with van der Waals surface area (Å²) in [6, 6.07) is 17.1. The lowest BCUT2D eigenvalue weighted by Gasteiger charge is -2.28. The van der Waals surface area contributed by atoms with E-state index in [2.05, 4.69) is 82.2 Å². The van der Waals surface area contributed by atoms with Gasteiger partial charge >= 0.3 is 0 Å². The summed E-state index contributed by atoms with van der Waals surface area (Å²) in [5.41, 5.74) is 4.98. The Morgan fingerprint density at radius 1 is 1.06 bits per heavy atom. The number of halogens is 1. The number of aliphatic imine (C=N–C) groups is 1. The van der Waals surface area contributed by atoms with E-state index in [-0.39, 0.29) is 24.0 Å². The maximum atomic E-state index is 5.43. The summed E-state index contributed by atoms with van der Waals surface area (Å²) in [4.78, 5) is 10.5. The van der Waals surface area contributed by atoms with Crippen molar-refractivity contribution in [3.05, 3.63) is 65.9 Å². The molecular formula is C24H32IN5O. The standard InChI is InChI=1S/C24H31N5O.HI/c1-2-25-24(26-12-11-20-18-27-23-6-4-3-5-22(20)23)28-17-19-7-9-21(10-8-19)29-13-15-30-16-14-29;/h3-10,18,27H,2,11-17H2,1H3,(H2,25,26,28);1H. The number of para-hydroxylation sites is 1. The Bertz CT molecular complexity index is 964. The second kappa shape index (κ2) is 12.0. The van der Waals surface area contributed by atoms with Crippen LogP contribution in [0.25, 0.3) is 10.9 Å². The van der Waals surface area contributed by atoms with E-state index in [4.69, 9.17) is 9.73 Å². The van der Waals surface area contributed by atoms with Crippen LogP contribution in [0.3, 0.4) is 0 Å². The molecule has 31 heavy (non-hydrogen) atoms. The van der Waals surface area contributed by atoms with Crippen LogP contribution in [0.15, 0.2) is 59.7 Å². The third kappa shape index (κ3) is 6.36. The van der Waals surface area contributed by atoms with E-state index >= 15 is 0 Å². The van der Waals surface area contributed by atoms with Gasteiger partial charge in [0.2, 0.25) is 0 Å². The molecule has 0 spiro atoms. The van der Waals surface area contributed by atoms with Crippen molar-refractivity contribution in [3.8, 4) is 0 Å². The maximum Gasteiger partial charge on any atom is 0.191 e. The van der Waals surface area contributed by atoms with Gasteiger partial charge in [-0.2, -0.15) is 0 Å². The average Bonchev–Trinajstić information content (AvgIpc) is 3.21. The molecule has 0 amide bonds. The minimum Gasteiger partial charge on any atom is -0.378 e. The van der Waals surface area contributed by atoms with Gasteiger partial charge in [-0.3, -0.25) is 0 Å². The molecule has 1 aromatic heterocycles. The molecule has 6 nitrogen and oxygen atoms in total. The van der Waals surface area contributed by atoms with Crippen LogP contribution in [0, 0.1) is 0 Å². The molecule has 166 valence electrons. The fraction of sp³-hybridized carbons (Fsp3) is 0.375. The van der Waals surface area contributed by atoms with Crippen LogP contribution in [-0.2, 0) is 17.7 Å². The van der Waals surface area contributed by atoms with Crippen molar-refractivity contribution >= 4 is 46.5 Å². The monoisotopic (exact) mass is 533 g/mol. The molecule has 0 aliphatic carbocycles. The van der Waals surface area contributed by atoms with Crippen LogP contribution >= 0.6 is 24.0 Å². The number of hydrogen-bond acceptors (Lipinski definition) is 3. The van der Waals surface area contributed by atoms with Crippen LogP contribution in [0.5, 0.6) is 0 Å². The molecule has 0 atom stereocenters. The number of aromatic amines is 1. The maximum absolute atomic E-state index is 5.43. The molecule has 3 aromatic rings. The van der Waals surface area contributed by atoms with Crippen molar-refractivity contribution in [3.63, 3.8) is 0 Å². The second-order valence-electron chi connectivity index (χ2n) is 7.50. The number of anilines is 1. The van der Waals surface area contributed by atoms with Crippen LogP contribution < -0.4 is 15.5 Å². The minimum atomic E-state index is 0. The number of nitrogens with one attached hydrogen (secondary N) is 3. The van der Waals surface area contributed by atoms with E-state index in [1.54, 1.807) is 0 Å². The largest absolute Gasteiger partial charge is 0.378 e. The highest BCUT2D eigenvalue weighted by molar-refractivity contribution is 14.0. The van der Waals surface area contributed by atoms with Gasteiger partial charge in [0.05, 0.1) is 19.8 Å². The molecule has 0 saturated carbocycles. The Morgan fingerprint density at radius 3 is 2.61 bits per heavy atom. The van der Waals surface area contributed by atoms with Gasteiger partial charge in [-0.05, 0) is 42.7 Å². The van der Waals surface area contributed by atoms with Gasteiger partial charge in [-0.15, -0.1) is 24.0 Å². The summed E-state index contributed by atoms with van der Waals surface area (Å²) in [7, 11) is 0. The second-order valence-corrected chi connectivity index (χ2v) is 7.50. The quantitative estimate of drug-likeness (QED) is 0.245. The molecular weight excluding hydrogens is 501 g/mol. The van der Waals surface area contributed by atoms with Crippen molar-refractivity contribution in [2.24, 2.45) is 4.99 Å². The molecule has 2 aromatic carbocycles. The molecule has 1 aliphatic rings. The summed E-state index contributed by atoms with van der Waals surface area (Å²) in [5, 5.41) is 8.10. The first-order valence-electron chi connectivity index (χ1n) is 10.8. The highest BCUT2D eigenvalue weighted by atomic mass is 127. The predicted octanol–water partition coefficient (Wildman–Crippen LogP) is 3.92. The predicted molar refractivity (Wildman–Crippen MR) is 140 cm³/mol. The first kappa shape index (κ1) is 23.4. The van der Waals surface area contributed by atoms with Crippen LogP contribution in [0.1, 0.15) is 18.1 Å². The Labute approximate surface area is 201 Å². The first-order chi connectivity index (χ1) is 14.8. The number of hydrogen-bond donors (Lipinski definition) is 3. The van der Waals surface area contributed by atoms with E-state index < -0.39 is 0 Å². The molecule has 1 fully saturated rings. The zero-order valence-electron chi connectivity index (χ0n) is 18.1. The van der Waals surface area contributed by atoms with Gasteiger partial charge in [-0.25, -0.2) is 4.99 Å². The summed E-state index contributed by atoms with van der Waals surface area (Å²) in [6.07, 6.45) is 3.05. The fourth-order valence-corrected chi connectivity index (χ4v) is 3.80. The number of nitrogens with zero attached hydrogens (tertiary/aromatic N) is 2. The first-order valence-corrected chi connectivity index (χ1v) is 10.8. The molecule has 0 radical (unpaired) electrons. The Hall–Kier alpha value is -2.26. The number of guanidine groups is 1. The highest BCUT2D eigenvalue weighted by Gasteiger charge is 2.10. The van der Waals surface area contributed by atoms with Crippen molar-refractivity contribution in [1.82, 2.24) is 15.6 Å². The van der Waals surface area contributed by atoms with Gasteiger partial charge in [0, 0.05) is 49.0 Å². The van der Waals surface area contributed by atoms with Gasteiger partial charge in [0.1, 0.15) is 0 Å². The number of H-pyrrole nitrogens is 1. The number of benzene rings is 2. The molecule has 7 heteroatoms. The zero-order valence-corrected chi connectivity index (χ0v) is 20.4. The number of aromatic nitrogens is 1. The molecule has 0 bridgehead atoms. The number of rotatable bonds is 7. The Balaban J connectivity index is 0.00000272. The number of ether oxygens (including phenoxy) is 1. The Kier molecular flexibility index (Phi) is 9.02. The van der Waals surface area contributed by atoms with Gasteiger partial charge in [0.25, 0.3) is 0 Å². The van der Waals surface area contributed by atoms with E-state index in [9.17, 15) is 0 Å². The average molecular weight is 533 g/mol.